The van der Waals surface area contributed by atoms with Crippen LogP contribution < -0.4 is 4.74 Å². The molecule has 0 saturated carbocycles. The first-order valence-corrected chi connectivity index (χ1v) is 6.14. The number of hydrogen-bond donors (Lipinski definition) is 1. The van der Waals surface area contributed by atoms with Gasteiger partial charge in [0.05, 0.1) is 13.2 Å². The number of benzene rings is 1. The minimum atomic E-state index is -0.555. The Hall–Kier alpha value is -1.07. The molecule has 0 aromatic heterocycles. The van der Waals surface area contributed by atoms with Crippen molar-refractivity contribution in [2.75, 3.05) is 6.61 Å². The summed E-state index contributed by atoms with van der Waals surface area (Å²) in [6, 6.07) is 3.66. The van der Waals surface area contributed by atoms with Gasteiger partial charge >= 0.3 is 5.97 Å². The van der Waals surface area contributed by atoms with Gasteiger partial charge in [0.25, 0.3) is 0 Å². The molecular formula is C12H13BrO4. The van der Waals surface area contributed by atoms with Crippen LogP contribution in [0.1, 0.15) is 17.5 Å². The summed E-state index contributed by atoms with van der Waals surface area (Å²) < 4.78 is 11.4. The fourth-order valence-electron chi connectivity index (χ4n) is 1.81. The van der Waals surface area contributed by atoms with E-state index in [0.29, 0.717) is 24.3 Å². The van der Waals surface area contributed by atoms with Gasteiger partial charge in [0.1, 0.15) is 5.75 Å². The summed E-state index contributed by atoms with van der Waals surface area (Å²) >= 11 is 3.35. The van der Waals surface area contributed by atoms with Gasteiger partial charge < -0.3 is 14.6 Å². The number of cyclic esters (lactones) is 1. The molecule has 1 aliphatic heterocycles. The maximum absolute atomic E-state index is 11.3. The van der Waals surface area contributed by atoms with Crippen LogP contribution in [0.2, 0.25) is 0 Å². The highest BCUT2D eigenvalue weighted by atomic mass is 79.9. The lowest BCUT2D eigenvalue weighted by Crippen LogP contribution is -2.22. The second-order valence-corrected chi connectivity index (χ2v) is 4.85. The van der Waals surface area contributed by atoms with Crippen LogP contribution in [-0.4, -0.2) is 23.8 Å². The van der Waals surface area contributed by atoms with E-state index in [9.17, 15) is 9.90 Å². The van der Waals surface area contributed by atoms with E-state index >= 15 is 0 Å². The Labute approximate surface area is 108 Å². The van der Waals surface area contributed by atoms with E-state index in [1.807, 2.05) is 13.0 Å². The molecule has 1 aliphatic rings. The number of carbonyl (C=O) groups excluding carboxylic acids is 1. The average Bonchev–Trinajstić information content (AvgIpc) is 2.68. The Morgan fingerprint density at radius 3 is 2.94 bits per heavy atom. The first kappa shape index (κ1) is 12.4. The van der Waals surface area contributed by atoms with E-state index < -0.39 is 6.10 Å². The maximum Gasteiger partial charge on any atom is 0.347 e. The highest BCUT2D eigenvalue weighted by molar-refractivity contribution is 9.10. The second kappa shape index (κ2) is 5.06. The number of aryl methyl sites for hydroxylation is 1. The first-order valence-electron chi connectivity index (χ1n) is 5.35. The molecule has 1 atom stereocenters. The van der Waals surface area contributed by atoms with E-state index in [4.69, 9.17) is 9.47 Å². The van der Waals surface area contributed by atoms with Crippen molar-refractivity contribution in [3.63, 3.8) is 0 Å². The van der Waals surface area contributed by atoms with Crippen LogP contribution in [0.5, 0.6) is 5.75 Å². The number of rotatable bonds is 3. The van der Waals surface area contributed by atoms with E-state index in [2.05, 4.69) is 15.9 Å². The van der Waals surface area contributed by atoms with Crippen molar-refractivity contribution in [2.45, 2.75) is 26.1 Å². The van der Waals surface area contributed by atoms with Gasteiger partial charge in [0, 0.05) is 16.5 Å². The third kappa shape index (κ3) is 2.61. The predicted octanol–water partition coefficient (Wildman–Crippen LogP) is 1.94. The Morgan fingerprint density at radius 2 is 2.35 bits per heavy atom. The Bertz CT molecular complexity index is 444. The molecule has 1 fully saturated rings. The molecule has 1 saturated heterocycles. The van der Waals surface area contributed by atoms with Crippen molar-refractivity contribution in [3.05, 3.63) is 27.7 Å². The topological polar surface area (TPSA) is 55.8 Å². The molecule has 1 aromatic carbocycles. The van der Waals surface area contributed by atoms with Gasteiger partial charge in [-0.25, -0.2) is 4.79 Å². The summed E-state index contributed by atoms with van der Waals surface area (Å²) in [4.78, 5) is 11.3. The summed E-state index contributed by atoms with van der Waals surface area (Å²) in [5.74, 6) is 0.232. The average molecular weight is 301 g/mol. The SMILES string of the molecule is Cc1cc(Br)cc(CO)c1OC1CCOC1=O. The van der Waals surface area contributed by atoms with Crippen LogP contribution in [0, 0.1) is 6.92 Å². The van der Waals surface area contributed by atoms with Crippen LogP contribution >= 0.6 is 15.9 Å². The van der Waals surface area contributed by atoms with Crippen molar-refractivity contribution in [1.29, 1.82) is 0 Å². The van der Waals surface area contributed by atoms with E-state index in [1.165, 1.54) is 0 Å². The quantitative estimate of drug-likeness (QED) is 0.867. The van der Waals surface area contributed by atoms with Crippen LogP contribution in [0.3, 0.4) is 0 Å². The Kier molecular flexibility index (Phi) is 3.69. The van der Waals surface area contributed by atoms with Crippen LogP contribution in [0.4, 0.5) is 0 Å². The number of carbonyl (C=O) groups is 1. The molecule has 0 radical (unpaired) electrons. The smallest absolute Gasteiger partial charge is 0.347 e. The van der Waals surface area contributed by atoms with Crippen LogP contribution in [0.25, 0.3) is 0 Å². The lowest BCUT2D eigenvalue weighted by molar-refractivity contribution is -0.143. The summed E-state index contributed by atoms with van der Waals surface area (Å²) in [5, 5.41) is 9.29. The minimum Gasteiger partial charge on any atom is -0.478 e. The zero-order valence-corrected chi connectivity index (χ0v) is 11.0. The summed E-state index contributed by atoms with van der Waals surface area (Å²) in [5.41, 5.74) is 1.54. The first-order chi connectivity index (χ1) is 8.11. The lowest BCUT2D eigenvalue weighted by Gasteiger charge is -2.16. The van der Waals surface area contributed by atoms with Gasteiger partial charge in [0.2, 0.25) is 0 Å². The van der Waals surface area contributed by atoms with E-state index in [1.54, 1.807) is 6.07 Å². The largest absolute Gasteiger partial charge is 0.478 e. The number of ether oxygens (including phenoxy) is 2. The Balaban J connectivity index is 2.28. The van der Waals surface area contributed by atoms with Crippen molar-refractivity contribution in [2.24, 2.45) is 0 Å². The van der Waals surface area contributed by atoms with Gasteiger partial charge in [-0.05, 0) is 24.6 Å². The number of aliphatic hydroxyl groups excluding tert-OH is 1. The standard InChI is InChI=1S/C12H13BrO4/c1-7-4-9(13)5-8(6-14)11(7)17-10-2-3-16-12(10)15/h4-5,10,14H,2-3,6H2,1H3. The number of aliphatic hydroxyl groups is 1. The molecule has 1 unspecified atom stereocenters. The summed E-state index contributed by atoms with van der Waals surface area (Å²) in [7, 11) is 0. The van der Waals surface area contributed by atoms with Crippen molar-refractivity contribution in [1.82, 2.24) is 0 Å². The molecule has 17 heavy (non-hydrogen) atoms. The third-order valence-corrected chi connectivity index (χ3v) is 3.09. The molecule has 2 rings (SSSR count). The minimum absolute atomic E-state index is 0.128. The molecule has 1 N–H and O–H groups in total. The number of halogens is 1. The number of hydrogen-bond acceptors (Lipinski definition) is 4. The van der Waals surface area contributed by atoms with Gasteiger partial charge in [-0.2, -0.15) is 0 Å². The van der Waals surface area contributed by atoms with Crippen molar-refractivity contribution in [3.8, 4) is 5.75 Å². The van der Waals surface area contributed by atoms with Gasteiger partial charge in [-0.15, -0.1) is 0 Å². The van der Waals surface area contributed by atoms with Gasteiger partial charge in [-0.1, -0.05) is 15.9 Å². The highest BCUT2D eigenvalue weighted by Crippen LogP contribution is 2.30. The van der Waals surface area contributed by atoms with Gasteiger partial charge in [0.15, 0.2) is 6.10 Å². The summed E-state index contributed by atoms with van der Waals surface area (Å²) in [6.07, 6.45) is -0.000625. The lowest BCUT2D eigenvalue weighted by atomic mass is 10.1. The fraction of sp³-hybridized carbons (Fsp3) is 0.417. The van der Waals surface area contributed by atoms with E-state index in [-0.39, 0.29) is 12.6 Å². The van der Waals surface area contributed by atoms with Crippen molar-refractivity contribution < 1.29 is 19.4 Å². The van der Waals surface area contributed by atoms with E-state index in [0.717, 1.165) is 10.0 Å². The van der Waals surface area contributed by atoms with Crippen LogP contribution in [0.15, 0.2) is 16.6 Å². The van der Waals surface area contributed by atoms with Crippen molar-refractivity contribution >= 4 is 21.9 Å². The molecule has 1 aromatic rings. The molecule has 92 valence electrons. The fourth-order valence-corrected chi connectivity index (χ4v) is 2.43. The zero-order valence-electron chi connectivity index (χ0n) is 9.40. The molecule has 0 amide bonds. The normalized spacial score (nSPS) is 19.2. The Morgan fingerprint density at radius 1 is 1.59 bits per heavy atom. The molecule has 0 spiro atoms. The molecule has 5 heteroatoms. The number of esters is 1. The molecule has 0 bridgehead atoms. The predicted molar refractivity (Wildman–Crippen MR) is 64.8 cm³/mol. The molecule has 1 heterocycles. The second-order valence-electron chi connectivity index (χ2n) is 3.93. The maximum atomic E-state index is 11.3. The highest BCUT2D eigenvalue weighted by Gasteiger charge is 2.29. The third-order valence-electron chi connectivity index (χ3n) is 2.63. The molecular weight excluding hydrogens is 288 g/mol. The molecule has 0 aliphatic carbocycles. The van der Waals surface area contributed by atoms with Crippen LogP contribution in [-0.2, 0) is 16.1 Å². The zero-order chi connectivity index (χ0) is 12.4. The monoisotopic (exact) mass is 300 g/mol. The molecule has 4 nitrogen and oxygen atoms in total. The summed E-state index contributed by atoms with van der Waals surface area (Å²) in [6.45, 7) is 2.14. The van der Waals surface area contributed by atoms with Gasteiger partial charge in [-0.3, -0.25) is 0 Å².